The predicted molar refractivity (Wildman–Crippen MR) is 112 cm³/mol. The molecule has 0 spiro atoms. The van der Waals surface area contributed by atoms with E-state index in [-0.39, 0.29) is 29.3 Å². The van der Waals surface area contributed by atoms with E-state index in [1.165, 1.54) is 25.5 Å². The molecule has 0 bridgehead atoms. The molecule has 0 atom stereocenters. The van der Waals surface area contributed by atoms with E-state index in [4.69, 9.17) is 9.47 Å². The molecule has 0 aliphatic rings. The van der Waals surface area contributed by atoms with Gasteiger partial charge in [0.15, 0.2) is 0 Å². The second-order valence-electron chi connectivity index (χ2n) is 6.40. The van der Waals surface area contributed by atoms with E-state index in [0.717, 1.165) is 18.5 Å². The monoisotopic (exact) mass is 444 g/mol. The first-order valence-corrected chi connectivity index (χ1v) is 9.45. The van der Waals surface area contributed by atoms with Gasteiger partial charge < -0.3 is 9.47 Å². The molecule has 32 heavy (non-hydrogen) atoms. The number of ether oxygens (including phenoxy) is 2. The molecule has 3 aromatic rings. The van der Waals surface area contributed by atoms with Crippen molar-refractivity contribution in [3.63, 3.8) is 0 Å². The summed E-state index contributed by atoms with van der Waals surface area (Å²) in [6.45, 7) is 1.90. The van der Waals surface area contributed by atoms with Crippen molar-refractivity contribution in [3.05, 3.63) is 71.7 Å². The van der Waals surface area contributed by atoms with Crippen LogP contribution in [0.5, 0.6) is 11.5 Å². The van der Waals surface area contributed by atoms with Crippen molar-refractivity contribution in [2.24, 2.45) is 5.10 Å². The topological polar surface area (TPSA) is 85.7 Å². The molecule has 1 amide bonds. The van der Waals surface area contributed by atoms with Crippen LogP contribution in [0, 0.1) is 0 Å². The summed E-state index contributed by atoms with van der Waals surface area (Å²) >= 11 is 0. The molecule has 166 valence electrons. The standard InChI is InChI=1S/C22H19F3N4O3/c1-3-32-16-7-8-17(18(10-16)22(23,24)25)19-12-26-13-20(28-19)21(30)29-27-11-14-5-4-6-15(9-14)31-2/h4-13H,3H2,1-2H3,(H,29,30)/b27-11+. The Hall–Kier alpha value is -3.95. The van der Waals surface area contributed by atoms with Crippen molar-refractivity contribution in [2.45, 2.75) is 13.1 Å². The molecule has 0 saturated heterocycles. The number of hydrogen-bond donors (Lipinski definition) is 1. The van der Waals surface area contributed by atoms with Crippen LogP contribution in [0.25, 0.3) is 11.3 Å². The number of hydrazone groups is 1. The van der Waals surface area contributed by atoms with Crippen molar-refractivity contribution < 1.29 is 27.4 Å². The molecule has 0 saturated carbocycles. The predicted octanol–water partition coefficient (Wildman–Crippen LogP) is 4.33. The molecular weight excluding hydrogens is 425 g/mol. The minimum absolute atomic E-state index is 0.0808. The number of halogens is 3. The van der Waals surface area contributed by atoms with Crippen LogP contribution < -0.4 is 14.9 Å². The summed E-state index contributed by atoms with van der Waals surface area (Å²) in [7, 11) is 1.53. The lowest BCUT2D eigenvalue weighted by Crippen LogP contribution is -2.19. The lowest BCUT2D eigenvalue weighted by Gasteiger charge is -2.14. The summed E-state index contributed by atoms with van der Waals surface area (Å²) in [6.07, 6.45) is -0.960. The molecule has 1 heterocycles. The van der Waals surface area contributed by atoms with E-state index in [0.29, 0.717) is 11.3 Å². The van der Waals surface area contributed by atoms with Crippen molar-refractivity contribution in [2.75, 3.05) is 13.7 Å². The largest absolute Gasteiger partial charge is 0.497 e. The SMILES string of the molecule is CCOc1ccc(-c2cncc(C(=O)N/N=C/c3cccc(OC)c3)n2)c(C(F)(F)F)c1. The highest BCUT2D eigenvalue weighted by Crippen LogP contribution is 2.38. The summed E-state index contributed by atoms with van der Waals surface area (Å²) in [5.41, 5.74) is 1.50. The third-order valence-corrected chi connectivity index (χ3v) is 4.22. The van der Waals surface area contributed by atoms with Gasteiger partial charge in [0, 0.05) is 5.56 Å². The van der Waals surface area contributed by atoms with E-state index >= 15 is 0 Å². The van der Waals surface area contributed by atoms with E-state index in [1.807, 2.05) is 0 Å². The second kappa shape index (κ2) is 9.90. The highest BCUT2D eigenvalue weighted by atomic mass is 19.4. The maximum atomic E-state index is 13.6. The van der Waals surface area contributed by atoms with Gasteiger partial charge in [-0.2, -0.15) is 18.3 Å². The van der Waals surface area contributed by atoms with Gasteiger partial charge in [-0.1, -0.05) is 12.1 Å². The van der Waals surface area contributed by atoms with Crippen LogP contribution in [-0.4, -0.2) is 35.8 Å². The van der Waals surface area contributed by atoms with Gasteiger partial charge in [-0.3, -0.25) is 9.78 Å². The van der Waals surface area contributed by atoms with Crippen LogP contribution in [0.2, 0.25) is 0 Å². The molecule has 0 aliphatic heterocycles. The second-order valence-corrected chi connectivity index (χ2v) is 6.40. The van der Waals surface area contributed by atoms with Crippen molar-refractivity contribution in [3.8, 4) is 22.8 Å². The van der Waals surface area contributed by atoms with Crippen LogP contribution >= 0.6 is 0 Å². The molecular formula is C22H19F3N4O3. The lowest BCUT2D eigenvalue weighted by atomic mass is 10.0. The number of nitrogens with zero attached hydrogens (tertiary/aromatic N) is 3. The van der Waals surface area contributed by atoms with E-state index in [1.54, 1.807) is 31.2 Å². The van der Waals surface area contributed by atoms with Crippen molar-refractivity contribution >= 4 is 12.1 Å². The van der Waals surface area contributed by atoms with E-state index in [9.17, 15) is 18.0 Å². The summed E-state index contributed by atoms with van der Waals surface area (Å²) in [4.78, 5) is 20.3. The Kier molecular flexibility index (Phi) is 7.04. The van der Waals surface area contributed by atoms with Crippen LogP contribution in [-0.2, 0) is 6.18 Å². The Morgan fingerprint density at radius 2 is 1.97 bits per heavy atom. The first kappa shape index (κ1) is 22.7. The zero-order chi connectivity index (χ0) is 23.1. The summed E-state index contributed by atoms with van der Waals surface area (Å²) < 4.78 is 51.0. The van der Waals surface area contributed by atoms with Crippen LogP contribution in [0.1, 0.15) is 28.5 Å². The van der Waals surface area contributed by atoms with Gasteiger partial charge >= 0.3 is 6.18 Å². The minimum atomic E-state index is -4.65. The third kappa shape index (κ3) is 5.60. The fraction of sp³-hybridized carbons (Fsp3) is 0.182. The number of benzene rings is 2. The van der Waals surface area contributed by atoms with Gasteiger partial charge in [-0.15, -0.1) is 0 Å². The van der Waals surface area contributed by atoms with E-state index in [2.05, 4.69) is 20.5 Å². The number of methoxy groups -OCH3 is 1. The van der Waals surface area contributed by atoms with Crippen LogP contribution in [0.4, 0.5) is 13.2 Å². The fourth-order valence-electron chi connectivity index (χ4n) is 2.79. The first-order chi connectivity index (χ1) is 15.3. The van der Waals surface area contributed by atoms with Gasteiger partial charge in [0.25, 0.3) is 5.91 Å². The number of aromatic nitrogens is 2. The van der Waals surface area contributed by atoms with Gasteiger partial charge in [0.2, 0.25) is 0 Å². The number of nitrogens with one attached hydrogen (secondary N) is 1. The summed E-state index contributed by atoms with van der Waals surface area (Å²) in [5, 5.41) is 3.84. The van der Waals surface area contributed by atoms with Gasteiger partial charge in [-0.25, -0.2) is 10.4 Å². The van der Waals surface area contributed by atoms with Gasteiger partial charge in [0.05, 0.1) is 43.6 Å². The Bertz CT molecular complexity index is 1130. The molecule has 7 nitrogen and oxygen atoms in total. The zero-order valence-corrected chi connectivity index (χ0v) is 17.2. The lowest BCUT2D eigenvalue weighted by molar-refractivity contribution is -0.137. The molecule has 0 unspecified atom stereocenters. The molecule has 0 radical (unpaired) electrons. The number of alkyl halides is 3. The normalized spacial score (nSPS) is 11.4. The van der Waals surface area contributed by atoms with E-state index < -0.39 is 17.6 Å². The number of hydrogen-bond acceptors (Lipinski definition) is 6. The first-order valence-electron chi connectivity index (χ1n) is 9.45. The molecule has 0 aliphatic carbocycles. The highest BCUT2D eigenvalue weighted by Gasteiger charge is 2.34. The van der Waals surface area contributed by atoms with Gasteiger partial charge in [-0.05, 0) is 42.8 Å². The number of carbonyl (C=O) groups excluding carboxylic acids is 1. The Morgan fingerprint density at radius 3 is 2.69 bits per heavy atom. The van der Waals surface area contributed by atoms with Crippen LogP contribution in [0.3, 0.4) is 0 Å². The minimum Gasteiger partial charge on any atom is -0.497 e. The quantitative estimate of drug-likeness (QED) is 0.433. The zero-order valence-electron chi connectivity index (χ0n) is 17.2. The van der Waals surface area contributed by atoms with Crippen molar-refractivity contribution in [1.29, 1.82) is 0 Å². The maximum absolute atomic E-state index is 13.6. The smallest absolute Gasteiger partial charge is 0.417 e. The average Bonchev–Trinajstić information content (AvgIpc) is 2.79. The fourth-order valence-corrected chi connectivity index (χ4v) is 2.79. The van der Waals surface area contributed by atoms with Crippen LogP contribution in [0.15, 0.2) is 60.0 Å². The Morgan fingerprint density at radius 1 is 1.16 bits per heavy atom. The molecule has 10 heteroatoms. The molecule has 1 N–H and O–H groups in total. The Labute approximate surface area is 181 Å². The number of carbonyl (C=O) groups is 1. The summed E-state index contributed by atoms with van der Waals surface area (Å²) in [6, 6.07) is 10.5. The number of rotatable bonds is 7. The average molecular weight is 444 g/mol. The van der Waals surface area contributed by atoms with Gasteiger partial charge in [0.1, 0.15) is 17.2 Å². The highest BCUT2D eigenvalue weighted by molar-refractivity contribution is 5.93. The number of amides is 1. The molecule has 3 rings (SSSR count). The molecule has 2 aromatic carbocycles. The van der Waals surface area contributed by atoms with Crippen molar-refractivity contribution in [1.82, 2.24) is 15.4 Å². The third-order valence-electron chi connectivity index (χ3n) is 4.22. The molecule has 0 fully saturated rings. The maximum Gasteiger partial charge on any atom is 0.417 e. The molecule has 1 aromatic heterocycles. The Balaban J connectivity index is 1.83. The summed E-state index contributed by atoms with van der Waals surface area (Å²) in [5.74, 6) is -0.0232.